The number of ketones is 1. The molecule has 0 aliphatic rings. The Hall–Kier alpha value is -4.04. The van der Waals surface area contributed by atoms with E-state index in [9.17, 15) is 24.3 Å². The fraction of sp³-hybridized carbons (Fsp3) is 0.310. The fourth-order valence-electron chi connectivity index (χ4n) is 3.76. The first-order chi connectivity index (χ1) is 17.5. The maximum absolute atomic E-state index is 13.4. The minimum atomic E-state index is -1.07. The number of esters is 1. The summed E-state index contributed by atoms with van der Waals surface area (Å²) in [5.74, 6) is -2.93. The Kier molecular flexibility index (Phi) is 8.78. The van der Waals surface area contributed by atoms with Crippen molar-refractivity contribution in [3.8, 4) is 0 Å². The highest BCUT2D eigenvalue weighted by molar-refractivity contribution is 6.37. The highest BCUT2D eigenvalue weighted by Gasteiger charge is 2.28. The summed E-state index contributed by atoms with van der Waals surface area (Å²) in [4.78, 5) is 53.7. The first kappa shape index (κ1) is 27.5. The van der Waals surface area contributed by atoms with Crippen molar-refractivity contribution in [2.75, 3.05) is 25.1 Å². The van der Waals surface area contributed by atoms with Crippen molar-refractivity contribution < 1.29 is 29.0 Å². The van der Waals surface area contributed by atoms with E-state index < -0.39 is 29.7 Å². The number of likely N-dealkylation sites (N-methyl/N-ethyl adjacent to an activating group) is 1. The lowest BCUT2D eigenvalue weighted by atomic mass is 10.1. The lowest BCUT2D eigenvalue weighted by molar-refractivity contribution is -0.163. The maximum atomic E-state index is 13.4. The van der Waals surface area contributed by atoms with Crippen LogP contribution in [0.25, 0.3) is 10.8 Å². The SMILES string of the molecule is CN(CCO)C(=O)c1cccc(N(Cc2ccc3ccccc3c2)C(=O)CC(=O)C(=O)OC(C)(C)C)c1. The number of fused-ring (bicyclic) bond motifs is 1. The van der Waals surface area contributed by atoms with E-state index >= 15 is 0 Å². The lowest BCUT2D eigenvalue weighted by Gasteiger charge is -2.25. The van der Waals surface area contributed by atoms with Gasteiger partial charge in [0.05, 0.1) is 19.6 Å². The molecule has 1 N–H and O–H groups in total. The van der Waals surface area contributed by atoms with Gasteiger partial charge < -0.3 is 19.6 Å². The normalized spacial score (nSPS) is 11.2. The van der Waals surface area contributed by atoms with Gasteiger partial charge in [-0.3, -0.25) is 14.4 Å². The molecule has 0 fully saturated rings. The molecule has 0 bridgehead atoms. The Labute approximate surface area is 216 Å². The number of Topliss-reactive ketones (excluding diaryl/α,β-unsaturated/α-hetero) is 1. The number of aliphatic hydroxyl groups excluding tert-OH is 1. The standard InChI is InChI=1S/C29H32N2O6/c1-29(2,3)37-28(36)25(33)18-26(34)31(19-20-12-13-21-8-5-6-9-22(21)16-20)24-11-7-10-23(17-24)27(35)30(4)14-15-32/h5-13,16-17,32H,14-15,18-19H2,1-4H3. The van der Waals surface area contributed by atoms with Gasteiger partial charge in [0.15, 0.2) is 0 Å². The predicted molar refractivity (Wildman–Crippen MR) is 141 cm³/mol. The molecule has 0 atom stereocenters. The summed E-state index contributed by atoms with van der Waals surface area (Å²) in [6.45, 7) is 5.02. The van der Waals surface area contributed by atoms with Crippen LogP contribution in [0, 0.1) is 0 Å². The van der Waals surface area contributed by atoms with Crippen molar-refractivity contribution in [1.29, 1.82) is 0 Å². The molecule has 0 saturated carbocycles. The van der Waals surface area contributed by atoms with E-state index in [1.165, 1.54) is 9.80 Å². The number of benzene rings is 3. The van der Waals surface area contributed by atoms with Gasteiger partial charge in [0.1, 0.15) is 5.60 Å². The summed E-state index contributed by atoms with van der Waals surface area (Å²) in [6.07, 6.45) is -0.676. The zero-order valence-corrected chi connectivity index (χ0v) is 21.6. The van der Waals surface area contributed by atoms with Gasteiger partial charge in [0, 0.05) is 24.8 Å². The summed E-state index contributed by atoms with van der Waals surface area (Å²) in [5.41, 5.74) is 0.670. The van der Waals surface area contributed by atoms with Gasteiger partial charge in [0.25, 0.3) is 5.91 Å². The van der Waals surface area contributed by atoms with Crippen LogP contribution in [0.2, 0.25) is 0 Å². The molecule has 0 aliphatic carbocycles. The number of amides is 2. The maximum Gasteiger partial charge on any atom is 0.375 e. The minimum absolute atomic E-state index is 0.120. The third-order valence-electron chi connectivity index (χ3n) is 5.58. The van der Waals surface area contributed by atoms with Crippen LogP contribution in [0.3, 0.4) is 0 Å². The molecule has 0 radical (unpaired) electrons. The molecule has 8 heteroatoms. The summed E-state index contributed by atoms with van der Waals surface area (Å²) in [7, 11) is 1.57. The number of carbonyl (C=O) groups is 4. The van der Waals surface area contributed by atoms with Crippen molar-refractivity contribution in [2.45, 2.75) is 39.3 Å². The Morgan fingerprint density at radius 3 is 2.27 bits per heavy atom. The first-order valence-electron chi connectivity index (χ1n) is 12.0. The van der Waals surface area contributed by atoms with Crippen LogP contribution < -0.4 is 4.90 Å². The van der Waals surface area contributed by atoms with Crippen molar-refractivity contribution in [1.82, 2.24) is 4.90 Å². The van der Waals surface area contributed by atoms with Crippen LogP contribution >= 0.6 is 0 Å². The fourth-order valence-corrected chi connectivity index (χ4v) is 3.76. The predicted octanol–water partition coefficient (Wildman–Crippen LogP) is 3.74. The number of anilines is 1. The molecule has 2 amide bonds. The van der Waals surface area contributed by atoms with Crippen LogP contribution in [-0.4, -0.2) is 59.4 Å². The van der Waals surface area contributed by atoms with Crippen LogP contribution in [0.15, 0.2) is 66.7 Å². The molecule has 3 rings (SSSR count). The second-order valence-corrected chi connectivity index (χ2v) is 9.76. The average Bonchev–Trinajstić information content (AvgIpc) is 2.85. The molecule has 194 valence electrons. The monoisotopic (exact) mass is 504 g/mol. The molecule has 3 aromatic rings. The number of aliphatic hydroxyl groups is 1. The molecule has 0 aliphatic heterocycles. The van der Waals surface area contributed by atoms with E-state index in [0.29, 0.717) is 11.3 Å². The van der Waals surface area contributed by atoms with Gasteiger partial charge in [-0.15, -0.1) is 0 Å². The molecular formula is C29H32N2O6. The highest BCUT2D eigenvalue weighted by Crippen LogP contribution is 2.23. The van der Waals surface area contributed by atoms with Gasteiger partial charge in [-0.2, -0.15) is 0 Å². The number of nitrogens with zero attached hydrogens (tertiary/aromatic N) is 2. The topological polar surface area (TPSA) is 104 Å². The lowest BCUT2D eigenvalue weighted by Crippen LogP contribution is -2.36. The zero-order valence-electron chi connectivity index (χ0n) is 21.6. The second-order valence-electron chi connectivity index (χ2n) is 9.76. The zero-order chi connectivity index (χ0) is 27.2. The van der Waals surface area contributed by atoms with Gasteiger partial charge in [0.2, 0.25) is 11.7 Å². The minimum Gasteiger partial charge on any atom is -0.454 e. The largest absolute Gasteiger partial charge is 0.454 e. The summed E-state index contributed by atoms with van der Waals surface area (Å²) >= 11 is 0. The van der Waals surface area contributed by atoms with Gasteiger partial charge in [-0.05, 0) is 61.4 Å². The van der Waals surface area contributed by atoms with E-state index in [1.54, 1.807) is 52.1 Å². The molecule has 8 nitrogen and oxygen atoms in total. The quantitative estimate of drug-likeness (QED) is 0.271. The van der Waals surface area contributed by atoms with Crippen molar-refractivity contribution >= 4 is 40.0 Å². The van der Waals surface area contributed by atoms with Crippen LogP contribution in [0.5, 0.6) is 0 Å². The van der Waals surface area contributed by atoms with Crippen LogP contribution in [0.1, 0.15) is 43.1 Å². The molecule has 37 heavy (non-hydrogen) atoms. The van der Waals surface area contributed by atoms with E-state index in [-0.39, 0.29) is 25.6 Å². The molecule has 0 unspecified atom stereocenters. The smallest absolute Gasteiger partial charge is 0.375 e. The van der Waals surface area contributed by atoms with E-state index in [2.05, 4.69) is 0 Å². The summed E-state index contributed by atoms with van der Waals surface area (Å²) in [6, 6.07) is 20.1. The Bertz CT molecular complexity index is 1310. The van der Waals surface area contributed by atoms with Gasteiger partial charge in [-0.25, -0.2) is 4.79 Å². The van der Waals surface area contributed by atoms with E-state index in [4.69, 9.17) is 4.74 Å². The first-order valence-corrected chi connectivity index (χ1v) is 12.0. The molecule has 0 aromatic heterocycles. The summed E-state index contributed by atoms with van der Waals surface area (Å²) in [5, 5.41) is 11.2. The average molecular weight is 505 g/mol. The van der Waals surface area contributed by atoms with E-state index in [1.807, 2.05) is 42.5 Å². The molecule has 0 heterocycles. The third kappa shape index (κ3) is 7.47. The third-order valence-corrected chi connectivity index (χ3v) is 5.58. The number of hydrogen-bond acceptors (Lipinski definition) is 6. The number of hydrogen-bond donors (Lipinski definition) is 1. The molecule has 0 saturated heterocycles. The number of rotatable bonds is 9. The van der Waals surface area contributed by atoms with Crippen LogP contribution in [0.4, 0.5) is 5.69 Å². The van der Waals surface area contributed by atoms with Crippen LogP contribution in [-0.2, 0) is 25.7 Å². The number of ether oxygens (including phenoxy) is 1. The highest BCUT2D eigenvalue weighted by atomic mass is 16.6. The second kappa shape index (κ2) is 11.8. The van der Waals surface area contributed by atoms with E-state index in [0.717, 1.165) is 16.3 Å². The molecular weight excluding hydrogens is 472 g/mol. The van der Waals surface area contributed by atoms with Crippen molar-refractivity contribution in [3.63, 3.8) is 0 Å². The summed E-state index contributed by atoms with van der Waals surface area (Å²) < 4.78 is 5.12. The molecule has 3 aromatic carbocycles. The molecule has 0 spiro atoms. The Morgan fingerprint density at radius 2 is 1.59 bits per heavy atom. The number of carbonyl (C=O) groups excluding carboxylic acids is 4. The van der Waals surface area contributed by atoms with Gasteiger partial charge >= 0.3 is 5.97 Å². The van der Waals surface area contributed by atoms with Gasteiger partial charge in [-0.1, -0.05) is 42.5 Å². The Balaban J connectivity index is 1.94. The van der Waals surface area contributed by atoms with Crippen molar-refractivity contribution in [3.05, 3.63) is 77.9 Å². The Morgan fingerprint density at radius 1 is 0.892 bits per heavy atom. The van der Waals surface area contributed by atoms with Crippen molar-refractivity contribution in [2.24, 2.45) is 0 Å².